The third kappa shape index (κ3) is 4.41. The number of carbonyl (C=O) groups is 2. The zero-order chi connectivity index (χ0) is 20.3. The summed E-state index contributed by atoms with van der Waals surface area (Å²) >= 11 is 2.01. The van der Waals surface area contributed by atoms with Crippen molar-refractivity contribution in [3.8, 4) is 11.5 Å². The number of hydrogen-bond donors (Lipinski definition) is 0. The number of hydrogen-bond acceptors (Lipinski definition) is 7. The zero-order valence-corrected chi connectivity index (χ0v) is 17.4. The molecule has 2 atom stereocenters. The number of oxime groups is 1. The van der Waals surface area contributed by atoms with Crippen LogP contribution >= 0.6 is 11.8 Å². The zero-order valence-electron chi connectivity index (χ0n) is 16.6. The van der Waals surface area contributed by atoms with Gasteiger partial charge in [0.05, 0.1) is 5.71 Å². The van der Waals surface area contributed by atoms with Crippen LogP contribution < -0.4 is 9.47 Å². The Bertz CT molecular complexity index is 845. The molecule has 6 nitrogen and oxygen atoms in total. The minimum absolute atomic E-state index is 0.239. The third-order valence-electron chi connectivity index (χ3n) is 4.83. The number of esters is 2. The first-order chi connectivity index (χ1) is 13.4. The van der Waals surface area contributed by atoms with Gasteiger partial charge in [-0.25, -0.2) is 0 Å². The van der Waals surface area contributed by atoms with E-state index in [1.54, 1.807) is 19.2 Å². The fourth-order valence-electron chi connectivity index (χ4n) is 3.82. The molecule has 2 aliphatic heterocycles. The van der Waals surface area contributed by atoms with Crippen LogP contribution in [0.15, 0.2) is 28.9 Å². The summed E-state index contributed by atoms with van der Waals surface area (Å²) in [6, 6.07) is 5.38. The molecule has 1 fully saturated rings. The van der Waals surface area contributed by atoms with Gasteiger partial charge in [-0.2, -0.15) is 0 Å². The van der Waals surface area contributed by atoms with Crippen LogP contribution in [0, 0.1) is 0 Å². The van der Waals surface area contributed by atoms with Gasteiger partial charge in [0.25, 0.3) is 0 Å². The van der Waals surface area contributed by atoms with Crippen molar-refractivity contribution in [3.63, 3.8) is 0 Å². The predicted octanol–water partition coefficient (Wildman–Crippen LogP) is 4.37. The van der Waals surface area contributed by atoms with Crippen LogP contribution in [0.3, 0.4) is 0 Å². The Kier molecular flexibility index (Phi) is 6.44. The molecule has 0 spiro atoms. The first-order valence-electron chi connectivity index (χ1n) is 9.43. The van der Waals surface area contributed by atoms with Crippen molar-refractivity contribution in [2.75, 3.05) is 7.11 Å². The Balaban J connectivity index is 2.11. The molecule has 1 saturated heterocycles. The van der Waals surface area contributed by atoms with Crippen molar-refractivity contribution in [1.82, 2.24) is 0 Å². The summed E-state index contributed by atoms with van der Waals surface area (Å²) in [5, 5.41) is 5.25. The molecule has 2 aliphatic rings. The van der Waals surface area contributed by atoms with E-state index < -0.39 is 11.9 Å². The van der Waals surface area contributed by atoms with Gasteiger partial charge in [0.15, 0.2) is 11.5 Å². The van der Waals surface area contributed by atoms with Gasteiger partial charge < -0.3 is 14.3 Å². The van der Waals surface area contributed by atoms with Crippen LogP contribution in [0.1, 0.15) is 52.0 Å². The Hall–Kier alpha value is -2.28. The average molecular weight is 404 g/mol. The maximum atomic E-state index is 11.5. The monoisotopic (exact) mass is 403 g/mol. The Morgan fingerprint density at radius 3 is 2.50 bits per heavy atom. The Morgan fingerprint density at radius 1 is 1.14 bits per heavy atom. The summed E-state index contributed by atoms with van der Waals surface area (Å²) in [6.45, 7) is 4.71. The van der Waals surface area contributed by atoms with Crippen molar-refractivity contribution in [3.05, 3.63) is 29.3 Å². The molecule has 0 radical (unpaired) electrons. The SMILES string of the molecule is CC/C(=N\OC)C1=C(c2ccc(OC(C)=O)c(OC(C)=O)c2)CC2CCC1S2. The fraction of sp³-hybridized carbons (Fsp3) is 0.476. The maximum absolute atomic E-state index is 11.5. The molecule has 0 N–H and O–H groups in total. The number of thioether (sulfide) groups is 1. The number of fused-ring (bicyclic) bond motifs is 2. The van der Waals surface area contributed by atoms with Gasteiger partial charge in [-0.1, -0.05) is 18.1 Å². The van der Waals surface area contributed by atoms with E-state index in [1.165, 1.54) is 31.4 Å². The van der Waals surface area contributed by atoms with Crippen LogP contribution in [0.25, 0.3) is 5.57 Å². The lowest BCUT2D eigenvalue weighted by Crippen LogP contribution is -2.19. The topological polar surface area (TPSA) is 74.2 Å². The van der Waals surface area contributed by atoms with Gasteiger partial charge >= 0.3 is 11.9 Å². The molecular formula is C21H25NO5S. The van der Waals surface area contributed by atoms with Crippen LogP contribution in [-0.2, 0) is 14.4 Å². The smallest absolute Gasteiger partial charge is 0.308 e. The predicted molar refractivity (Wildman–Crippen MR) is 110 cm³/mol. The summed E-state index contributed by atoms with van der Waals surface area (Å²) < 4.78 is 10.5. The van der Waals surface area contributed by atoms with E-state index in [0.29, 0.717) is 10.5 Å². The minimum atomic E-state index is -0.464. The molecule has 3 rings (SSSR count). The summed E-state index contributed by atoms with van der Waals surface area (Å²) in [5.74, 6) is -0.440. The van der Waals surface area contributed by atoms with E-state index >= 15 is 0 Å². The second-order valence-corrected chi connectivity index (χ2v) is 8.35. The van der Waals surface area contributed by atoms with Crippen LogP contribution in [0.2, 0.25) is 0 Å². The van der Waals surface area contributed by atoms with Crippen molar-refractivity contribution in [1.29, 1.82) is 0 Å². The number of benzene rings is 1. The molecule has 0 aromatic heterocycles. The van der Waals surface area contributed by atoms with Crippen molar-refractivity contribution >= 4 is 35.0 Å². The summed E-state index contributed by atoms with van der Waals surface area (Å²) in [7, 11) is 1.57. The molecule has 2 unspecified atom stereocenters. The van der Waals surface area contributed by atoms with Gasteiger partial charge in [-0.15, -0.1) is 11.8 Å². The summed E-state index contributed by atoms with van der Waals surface area (Å²) in [6.07, 6.45) is 4.00. The quantitative estimate of drug-likeness (QED) is 0.304. The molecular weight excluding hydrogens is 378 g/mol. The Morgan fingerprint density at radius 2 is 1.86 bits per heavy atom. The lowest BCUT2D eigenvalue weighted by molar-refractivity contribution is -0.134. The normalized spacial score (nSPS) is 21.5. The number of carbonyl (C=O) groups excluding carboxylic acids is 2. The second kappa shape index (κ2) is 8.82. The molecule has 7 heteroatoms. The number of ether oxygens (including phenoxy) is 2. The van der Waals surface area contributed by atoms with Gasteiger partial charge in [-0.05, 0) is 54.5 Å². The second-order valence-electron chi connectivity index (χ2n) is 6.84. The largest absolute Gasteiger partial charge is 0.423 e. The maximum Gasteiger partial charge on any atom is 0.308 e. The molecule has 28 heavy (non-hydrogen) atoms. The molecule has 0 saturated carbocycles. The van der Waals surface area contributed by atoms with Crippen LogP contribution in [-0.4, -0.2) is 35.3 Å². The van der Waals surface area contributed by atoms with Crippen LogP contribution in [0.5, 0.6) is 11.5 Å². The molecule has 2 heterocycles. The van der Waals surface area contributed by atoms with E-state index in [9.17, 15) is 9.59 Å². The fourth-order valence-corrected chi connectivity index (χ4v) is 5.50. The highest BCUT2D eigenvalue weighted by molar-refractivity contribution is 8.01. The number of rotatable bonds is 6. The van der Waals surface area contributed by atoms with Gasteiger partial charge in [0.2, 0.25) is 0 Å². The van der Waals surface area contributed by atoms with Crippen molar-refractivity contribution < 1.29 is 23.9 Å². The minimum Gasteiger partial charge on any atom is -0.423 e. The van der Waals surface area contributed by atoms with Crippen molar-refractivity contribution in [2.45, 2.75) is 57.0 Å². The highest BCUT2D eigenvalue weighted by Crippen LogP contribution is 2.50. The lowest BCUT2D eigenvalue weighted by Gasteiger charge is -2.27. The van der Waals surface area contributed by atoms with Crippen molar-refractivity contribution in [2.24, 2.45) is 5.16 Å². The molecule has 2 bridgehead atoms. The Labute approximate surface area is 169 Å². The van der Waals surface area contributed by atoms with E-state index in [-0.39, 0.29) is 11.5 Å². The molecule has 1 aromatic carbocycles. The first kappa shape index (κ1) is 20.5. The summed E-state index contributed by atoms with van der Waals surface area (Å²) in [4.78, 5) is 28.0. The van der Waals surface area contributed by atoms with Gasteiger partial charge in [0.1, 0.15) is 7.11 Å². The molecule has 0 amide bonds. The third-order valence-corrected chi connectivity index (χ3v) is 6.42. The number of allylic oxidation sites excluding steroid dienone is 1. The molecule has 150 valence electrons. The number of nitrogens with zero attached hydrogens (tertiary/aromatic N) is 1. The van der Waals surface area contributed by atoms with Gasteiger partial charge in [0, 0.05) is 24.3 Å². The van der Waals surface area contributed by atoms with E-state index in [2.05, 4.69) is 12.1 Å². The summed E-state index contributed by atoms with van der Waals surface area (Å²) in [5.41, 5.74) is 4.33. The average Bonchev–Trinajstić information content (AvgIpc) is 3.02. The highest BCUT2D eigenvalue weighted by Gasteiger charge is 2.37. The van der Waals surface area contributed by atoms with E-state index in [0.717, 1.165) is 30.5 Å². The van der Waals surface area contributed by atoms with Crippen LogP contribution in [0.4, 0.5) is 0 Å². The lowest BCUT2D eigenvalue weighted by atomic mass is 9.91. The standard InChI is InChI=1S/C21H25NO5S/c1-5-17(22-25-4)21-16(11-15-7-9-20(21)28-15)14-6-8-18(26-12(2)23)19(10-14)27-13(3)24/h6,8,10,15,20H,5,7,9,11H2,1-4H3/b22-17+. The molecule has 0 aliphatic carbocycles. The van der Waals surface area contributed by atoms with E-state index in [1.807, 2.05) is 17.8 Å². The highest BCUT2D eigenvalue weighted by atomic mass is 32.2. The first-order valence-corrected chi connectivity index (χ1v) is 10.4. The van der Waals surface area contributed by atoms with Gasteiger partial charge in [-0.3, -0.25) is 9.59 Å². The molecule has 1 aromatic rings. The van der Waals surface area contributed by atoms with E-state index in [4.69, 9.17) is 14.3 Å².